The van der Waals surface area contributed by atoms with Crippen LogP contribution in [-0.4, -0.2) is 21.6 Å². The summed E-state index contributed by atoms with van der Waals surface area (Å²) in [5, 5.41) is 4.59. The summed E-state index contributed by atoms with van der Waals surface area (Å²) < 4.78 is 2.59. The minimum absolute atomic E-state index is 0.317. The van der Waals surface area contributed by atoms with Crippen molar-refractivity contribution < 1.29 is 9.59 Å². The first-order valence-electron chi connectivity index (χ1n) is 7.72. The number of carbonyl (C=O) groups excluding carboxylic acids is 2. The van der Waals surface area contributed by atoms with Crippen molar-refractivity contribution in [2.45, 2.75) is 45.1 Å². The van der Waals surface area contributed by atoms with Gasteiger partial charge in [0.1, 0.15) is 5.69 Å². The molecule has 8 heteroatoms. The summed E-state index contributed by atoms with van der Waals surface area (Å²) >= 11 is 4.61. The molecule has 3 rings (SSSR count). The first-order valence-corrected chi connectivity index (χ1v) is 9.33. The van der Waals surface area contributed by atoms with Gasteiger partial charge in [-0.2, -0.15) is 5.10 Å². The average Bonchev–Trinajstić information content (AvgIpc) is 3.09. The topological polar surface area (TPSA) is 76.0 Å². The van der Waals surface area contributed by atoms with Gasteiger partial charge in [0, 0.05) is 5.92 Å². The first kappa shape index (κ1) is 17.2. The summed E-state index contributed by atoms with van der Waals surface area (Å²) in [5.41, 5.74) is 6.02. The maximum absolute atomic E-state index is 12.5. The molecule has 2 aromatic rings. The second-order valence-corrected chi connectivity index (χ2v) is 9.29. The lowest BCUT2D eigenvalue weighted by atomic mass is 10.1. The molecule has 1 aliphatic carbocycles. The number of halogens is 1. The molecular formula is C16H19BrN4O2S. The Bertz CT molecular complexity index is 786. The summed E-state index contributed by atoms with van der Waals surface area (Å²) in [5.74, 6) is -0.255. The number of carbonyl (C=O) groups is 2. The molecule has 0 radical (unpaired) electrons. The summed E-state index contributed by atoms with van der Waals surface area (Å²) in [6, 6.07) is 5.31. The quantitative estimate of drug-likeness (QED) is 0.760. The van der Waals surface area contributed by atoms with E-state index in [0.29, 0.717) is 16.5 Å². The molecule has 2 N–H and O–H groups in total. The number of hydrazine groups is 1. The van der Waals surface area contributed by atoms with E-state index in [2.05, 4.69) is 31.9 Å². The SMILES string of the molecule is CC(C)(C)n1nc(C2CC2)cc1C(=O)NNC(=O)c1ccc(Br)s1. The predicted octanol–water partition coefficient (Wildman–Crippen LogP) is 3.41. The molecule has 0 saturated heterocycles. The fraction of sp³-hybridized carbons (Fsp3) is 0.438. The van der Waals surface area contributed by atoms with Crippen LogP contribution in [0, 0.1) is 0 Å². The van der Waals surface area contributed by atoms with Crippen molar-refractivity contribution in [3.63, 3.8) is 0 Å². The Morgan fingerprint density at radius 1 is 1.25 bits per heavy atom. The predicted molar refractivity (Wildman–Crippen MR) is 96.1 cm³/mol. The molecule has 1 aliphatic rings. The highest BCUT2D eigenvalue weighted by molar-refractivity contribution is 9.11. The molecule has 128 valence electrons. The normalized spacial score (nSPS) is 14.5. The van der Waals surface area contributed by atoms with Gasteiger partial charge in [0.15, 0.2) is 0 Å². The van der Waals surface area contributed by atoms with Crippen LogP contribution in [0.25, 0.3) is 0 Å². The van der Waals surface area contributed by atoms with Crippen LogP contribution in [0.1, 0.15) is 65.4 Å². The van der Waals surface area contributed by atoms with Crippen molar-refractivity contribution in [3.8, 4) is 0 Å². The number of nitrogens with one attached hydrogen (secondary N) is 2. The van der Waals surface area contributed by atoms with Gasteiger partial charge in [-0.15, -0.1) is 11.3 Å². The maximum Gasteiger partial charge on any atom is 0.287 e. The van der Waals surface area contributed by atoms with E-state index in [1.807, 2.05) is 26.8 Å². The standard InChI is InChI=1S/C16H19BrN4O2S/c1-16(2,3)21-11(8-10(20-21)9-4-5-9)14(22)18-19-15(23)12-6-7-13(17)24-12/h6-9H,4-5H2,1-3H3,(H,18,22)(H,19,23). The molecule has 24 heavy (non-hydrogen) atoms. The highest BCUT2D eigenvalue weighted by atomic mass is 79.9. The number of hydrogen-bond acceptors (Lipinski definition) is 4. The van der Waals surface area contributed by atoms with E-state index in [0.717, 1.165) is 22.3 Å². The molecule has 2 amide bonds. The average molecular weight is 411 g/mol. The molecule has 0 unspecified atom stereocenters. The molecule has 0 atom stereocenters. The lowest BCUT2D eigenvalue weighted by Crippen LogP contribution is -2.43. The highest BCUT2D eigenvalue weighted by Gasteiger charge is 2.31. The van der Waals surface area contributed by atoms with Crippen molar-refractivity contribution in [1.82, 2.24) is 20.6 Å². The van der Waals surface area contributed by atoms with E-state index in [9.17, 15) is 9.59 Å². The van der Waals surface area contributed by atoms with Crippen molar-refractivity contribution in [1.29, 1.82) is 0 Å². The van der Waals surface area contributed by atoms with Crippen LogP contribution in [0.5, 0.6) is 0 Å². The number of hydrogen-bond donors (Lipinski definition) is 2. The number of rotatable bonds is 3. The Morgan fingerprint density at radius 2 is 1.92 bits per heavy atom. The third-order valence-corrected chi connectivity index (χ3v) is 5.30. The van der Waals surface area contributed by atoms with Crippen molar-refractivity contribution in [2.75, 3.05) is 0 Å². The van der Waals surface area contributed by atoms with Gasteiger partial charge < -0.3 is 0 Å². The minimum atomic E-state index is -0.367. The molecule has 0 aromatic carbocycles. The van der Waals surface area contributed by atoms with Gasteiger partial charge in [0.05, 0.1) is 19.9 Å². The van der Waals surface area contributed by atoms with Gasteiger partial charge in [-0.05, 0) is 67.7 Å². The number of thiophene rings is 1. The second-order valence-electron chi connectivity index (χ2n) is 6.82. The Balaban J connectivity index is 1.73. The fourth-order valence-electron chi connectivity index (χ4n) is 2.33. The van der Waals surface area contributed by atoms with E-state index < -0.39 is 0 Å². The molecule has 2 aromatic heterocycles. The Kier molecular flexibility index (Phi) is 4.52. The first-order chi connectivity index (χ1) is 11.3. The van der Waals surface area contributed by atoms with Gasteiger partial charge in [0.25, 0.3) is 11.8 Å². The van der Waals surface area contributed by atoms with Gasteiger partial charge in [-0.1, -0.05) is 0 Å². The largest absolute Gasteiger partial charge is 0.287 e. The summed E-state index contributed by atoms with van der Waals surface area (Å²) in [6.07, 6.45) is 2.23. The highest BCUT2D eigenvalue weighted by Crippen LogP contribution is 2.40. The van der Waals surface area contributed by atoms with E-state index in [4.69, 9.17) is 0 Å². The van der Waals surface area contributed by atoms with E-state index in [-0.39, 0.29) is 17.4 Å². The Morgan fingerprint density at radius 3 is 2.46 bits per heavy atom. The zero-order chi connectivity index (χ0) is 17.5. The molecule has 0 bridgehead atoms. The van der Waals surface area contributed by atoms with Gasteiger partial charge >= 0.3 is 0 Å². The third-order valence-electron chi connectivity index (χ3n) is 3.68. The van der Waals surface area contributed by atoms with Gasteiger partial charge in [-0.25, -0.2) is 0 Å². The van der Waals surface area contributed by atoms with Crippen LogP contribution in [0.2, 0.25) is 0 Å². The van der Waals surface area contributed by atoms with Crippen LogP contribution < -0.4 is 10.9 Å². The van der Waals surface area contributed by atoms with Gasteiger partial charge in [-0.3, -0.25) is 25.1 Å². The fourth-order valence-corrected chi connectivity index (χ4v) is 3.61. The third kappa shape index (κ3) is 3.70. The second kappa shape index (κ2) is 6.33. The van der Waals surface area contributed by atoms with Crippen LogP contribution in [0.3, 0.4) is 0 Å². The number of amides is 2. The molecule has 1 fully saturated rings. The monoisotopic (exact) mass is 410 g/mol. The zero-order valence-corrected chi connectivity index (χ0v) is 16.1. The Labute approximate surface area is 152 Å². The summed E-state index contributed by atoms with van der Waals surface area (Å²) in [6.45, 7) is 5.99. The lowest BCUT2D eigenvalue weighted by molar-refractivity contribution is 0.0838. The smallest absolute Gasteiger partial charge is 0.266 e. The number of nitrogens with zero attached hydrogens (tertiary/aromatic N) is 2. The van der Waals surface area contributed by atoms with Crippen LogP contribution in [-0.2, 0) is 5.54 Å². The molecular weight excluding hydrogens is 392 g/mol. The summed E-state index contributed by atoms with van der Waals surface area (Å²) in [7, 11) is 0. The molecule has 1 saturated carbocycles. The van der Waals surface area contributed by atoms with Crippen molar-refractivity contribution in [2.24, 2.45) is 0 Å². The Hall–Kier alpha value is -1.67. The molecule has 0 aliphatic heterocycles. The number of aromatic nitrogens is 2. The lowest BCUT2D eigenvalue weighted by Gasteiger charge is -2.22. The van der Waals surface area contributed by atoms with Gasteiger partial charge in [0.2, 0.25) is 0 Å². The maximum atomic E-state index is 12.5. The van der Waals surface area contributed by atoms with Crippen molar-refractivity contribution >= 4 is 39.1 Å². The molecule has 6 nitrogen and oxygen atoms in total. The van der Waals surface area contributed by atoms with E-state index >= 15 is 0 Å². The van der Waals surface area contributed by atoms with Crippen molar-refractivity contribution in [3.05, 3.63) is 38.3 Å². The van der Waals surface area contributed by atoms with Crippen LogP contribution in [0.4, 0.5) is 0 Å². The van der Waals surface area contributed by atoms with Crippen LogP contribution >= 0.6 is 27.3 Å². The molecule has 0 spiro atoms. The van der Waals surface area contributed by atoms with E-state index in [1.165, 1.54) is 11.3 Å². The zero-order valence-electron chi connectivity index (χ0n) is 13.7. The molecule has 2 heterocycles. The van der Waals surface area contributed by atoms with E-state index in [1.54, 1.807) is 16.8 Å². The minimum Gasteiger partial charge on any atom is -0.266 e. The summed E-state index contributed by atoms with van der Waals surface area (Å²) in [4.78, 5) is 25.1. The van der Waals surface area contributed by atoms with Crippen LogP contribution in [0.15, 0.2) is 22.0 Å².